The minimum absolute atomic E-state index is 0.0170. The SMILES string of the molecule is CCOc1ccc(N(CC(=O)N(Cc2ccccc2C)C(C)C(=O)NC(C)CC)S(=O)(=O)c2ccc(Cl)cc2)cc1. The highest BCUT2D eigenvalue weighted by Gasteiger charge is 2.33. The van der Waals surface area contributed by atoms with E-state index in [2.05, 4.69) is 5.32 Å². The van der Waals surface area contributed by atoms with Gasteiger partial charge >= 0.3 is 0 Å². The maximum atomic E-state index is 14.0. The van der Waals surface area contributed by atoms with Gasteiger partial charge in [0.1, 0.15) is 18.3 Å². The molecule has 41 heavy (non-hydrogen) atoms. The van der Waals surface area contributed by atoms with Gasteiger partial charge in [-0.3, -0.25) is 13.9 Å². The first-order valence-corrected chi connectivity index (χ1v) is 15.4. The van der Waals surface area contributed by atoms with Crippen molar-refractivity contribution in [3.8, 4) is 5.75 Å². The van der Waals surface area contributed by atoms with Crippen molar-refractivity contribution in [1.29, 1.82) is 0 Å². The number of benzene rings is 3. The Morgan fingerprint density at radius 2 is 1.59 bits per heavy atom. The fraction of sp³-hybridized carbons (Fsp3) is 0.355. The van der Waals surface area contributed by atoms with Crippen LogP contribution in [-0.2, 0) is 26.2 Å². The van der Waals surface area contributed by atoms with E-state index in [0.717, 1.165) is 21.9 Å². The van der Waals surface area contributed by atoms with E-state index < -0.39 is 28.5 Å². The molecule has 3 rings (SSSR count). The quantitative estimate of drug-likeness (QED) is 0.277. The van der Waals surface area contributed by atoms with E-state index in [1.165, 1.54) is 29.2 Å². The van der Waals surface area contributed by atoms with E-state index in [0.29, 0.717) is 17.4 Å². The molecule has 0 aliphatic rings. The van der Waals surface area contributed by atoms with Crippen LogP contribution in [-0.4, -0.2) is 50.4 Å². The van der Waals surface area contributed by atoms with Crippen LogP contribution in [0.4, 0.5) is 5.69 Å². The summed E-state index contributed by atoms with van der Waals surface area (Å²) in [6, 6.07) is 18.9. The molecule has 2 amide bonds. The molecule has 3 aromatic carbocycles. The molecule has 0 aliphatic heterocycles. The van der Waals surface area contributed by atoms with Crippen molar-refractivity contribution in [2.75, 3.05) is 17.5 Å². The zero-order chi connectivity index (χ0) is 30.2. The molecule has 0 fully saturated rings. The normalized spacial score (nSPS) is 12.7. The van der Waals surface area contributed by atoms with Crippen molar-refractivity contribution < 1.29 is 22.7 Å². The Balaban J connectivity index is 2.04. The van der Waals surface area contributed by atoms with Crippen molar-refractivity contribution in [2.24, 2.45) is 0 Å². The van der Waals surface area contributed by atoms with Crippen LogP contribution in [0.3, 0.4) is 0 Å². The van der Waals surface area contributed by atoms with Crippen LogP contribution in [0.5, 0.6) is 5.75 Å². The molecule has 0 saturated heterocycles. The van der Waals surface area contributed by atoms with E-state index in [4.69, 9.17) is 16.3 Å². The number of carbonyl (C=O) groups is 2. The Hall–Kier alpha value is -3.56. The third kappa shape index (κ3) is 8.24. The third-order valence-electron chi connectivity index (χ3n) is 6.89. The van der Waals surface area contributed by atoms with Gasteiger partial charge in [0.2, 0.25) is 11.8 Å². The molecule has 0 radical (unpaired) electrons. The maximum Gasteiger partial charge on any atom is 0.264 e. The van der Waals surface area contributed by atoms with Gasteiger partial charge in [0.25, 0.3) is 10.0 Å². The van der Waals surface area contributed by atoms with Crippen LogP contribution >= 0.6 is 11.6 Å². The zero-order valence-electron chi connectivity index (χ0n) is 24.1. The summed E-state index contributed by atoms with van der Waals surface area (Å²) in [6.45, 7) is 9.36. The molecule has 0 aliphatic carbocycles. The number of amides is 2. The molecule has 0 heterocycles. The van der Waals surface area contributed by atoms with Gasteiger partial charge in [-0.1, -0.05) is 42.8 Å². The van der Waals surface area contributed by atoms with Crippen molar-refractivity contribution in [2.45, 2.75) is 64.6 Å². The fourth-order valence-corrected chi connectivity index (χ4v) is 5.70. The number of sulfonamides is 1. The Morgan fingerprint density at radius 1 is 0.951 bits per heavy atom. The second kappa shape index (κ2) is 14.4. The number of hydrogen-bond donors (Lipinski definition) is 1. The predicted molar refractivity (Wildman–Crippen MR) is 163 cm³/mol. The average molecular weight is 600 g/mol. The second-order valence-electron chi connectivity index (χ2n) is 9.83. The van der Waals surface area contributed by atoms with E-state index in [1.54, 1.807) is 31.2 Å². The number of aryl methyl sites for hydroxylation is 1. The predicted octanol–water partition coefficient (Wildman–Crippen LogP) is 5.57. The highest BCUT2D eigenvalue weighted by atomic mass is 35.5. The molecular formula is C31H38ClN3O5S. The summed E-state index contributed by atoms with van der Waals surface area (Å²) in [6.07, 6.45) is 0.731. The monoisotopic (exact) mass is 599 g/mol. The summed E-state index contributed by atoms with van der Waals surface area (Å²) in [4.78, 5) is 28.6. The smallest absolute Gasteiger partial charge is 0.264 e. The molecule has 10 heteroatoms. The lowest BCUT2D eigenvalue weighted by atomic mass is 10.1. The molecular weight excluding hydrogens is 562 g/mol. The molecule has 0 spiro atoms. The highest BCUT2D eigenvalue weighted by molar-refractivity contribution is 7.92. The molecule has 1 N–H and O–H groups in total. The maximum absolute atomic E-state index is 14.0. The summed E-state index contributed by atoms with van der Waals surface area (Å²) in [7, 11) is -4.19. The lowest BCUT2D eigenvalue weighted by Crippen LogP contribution is -2.52. The molecule has 0 bridgehead atoms. The summed E-state index contributed by atoms with van der Waals surface area (Å²) in [5, 5.41) is 3.33. The van der Waals surface area contributed by atoms with Gasteiger partial charge in [0, 0.05) is 17.6 Å². The van der Waals surface area contributed by atoms with Gasteiger partial charge in [-0.05, 0) is 93.8 Å². The van der Waals surface area contributed by atoms with E-state index in [-0.39, 0.29) is 29.1 Å². The summed E-state index contributed by atoms with van der Waals surface area (Å²) < 4.78 is 34.4. The molecule has 8 nitrogen and oxygen atoms in total. The molecule has 2 unspecified atom stereocenters. The Kier molecular flexibility index (Phi) is 11.2. The topological polar surface area (TPSA) is 96.0 Å². The van der Waals surface area contributed by atoms with Gasteiger partial charge in [0.15, 0.2) is 0 Å². The first-order valence-electron chi connectivity index (χ1n) is 13.6. The Morgan fingerprint density at radius 3 is 2.17 bits per heavy atom. The van der Waals surface area contributed by atoms with Gasteiger partial charge < -0.3 is 15.0 Å². The Labute approximate surface area is 248 Å². The number of nitrogens with one attached hydrogen (secondary N) is 1. The number of hydrogen-bond acceptors (Lipinski definition) is 5. The first kappa shape index (κ1) is 32.0. The van der Waals surface area contributed by atoms with Crippen LogP contribution < -0.4 is 14.4 Å². The average Bonchev–Trinajstić information content (AvgIpc) is 2.95. The Bertz CT molecular complexity index is 1430. The molecule has 220 valence electrons. The summed E-state index contributed by atoms with van der Waals surface area (Å²) >= 11 is 6.01. The van der Waals surface area contributed by atoms with Crippen LogP contribution in [0.1, 0.15) is 45.2 Å². The minimum atomic E-state index is -4.19. The number of anilines is 1. The number of ether oxygens (including phenoxy) is 1. The summed E-state index contributed by atoms with van der Waals surface area (Å²) in [5.41, 5.74) is 2.10. The molecule has 3 aromatic rings. The van der Waals surface area contributed by atoms with Crippen molar-refractivity contribution in [1.82, 2.24) is 10.2 Å². The lowest BCUT2D eigenvalue weighted by Gasteiger charge is -2.32. The lowest BCUT2D eigenvalue weighted by molar-refractivity contribution is -0.139. The van der Waals surface area contributed by atoms with Crippen molar-refractivity contribution in [3.05, 3.63) is 88.9 Å². The van der Waals surface area contributed by atoms with Gasteiger partial charge in [-0.25, -0.2) is 8.42 Å². The fourth-order valence-electron chi connectivity index (χ4n) is 4.16. The van der Waals surface area contributed by atoms with E-state index in [1.807, 2.05) is 52.0 Å². The van der Waals surface area contributed by atoms with Crippen LogP contribution in [0.15, 0.2) is 77.7 Å². The standard InChI is InChI=1S/C31H38ClN3O5S/c1-6-23(4)33-31(37)24(5)34(20-25-11-9-8-10-22(25)3)30(36)21-35(27-14-16-28(17-15-27)40-7-2)41(38,39)29-18-12-26(32)13-19-29/h8-19,23-24H,6-7,20-21H2,1-5H3,(H,33,37). The number of nitrogens with zero attached hydrogens (tertiary/aromatic N) is 2. The third-order valence-corrected chi connectivity index (χ3v) is 8.93. The summed E-state index contributed by atoms with van der Waals surface area (Å²) in [5.74, 6) is -0.260. The van der Waals surface area contributed by atoms with Crippen molar-refractivity contribution in [3.63, 3.8) is 0 Å². The van der Waals surface area contributed by atoms with Crippen molar-refractivity contribution >= 4 is 39.1 Å². The van der Waals surface area contributed by atoms with E-state index in [9.17, 15) is 18.0 Å². The number of halogens is 1. The van der Waals surface area contributed by atoms with Crippen LogP contribution in [0, 0.1) is 6.92 Å². The van der Waals surface area contributed by atoms with Gasteiger partial charge in [-0.15, -0.1) is 0 Å². The molecule has 0 saturated carbocycles. The number of carbonyl (C=O) groups excluding carboxylic acids is 2. The van der Waals surface area contributed by atoms with Crippen LogP contribution in [0.2, 0.25) is 5.02 Å². The van der Waals surface area contributed by atoms with Crippen LogP contribution in [0.25, 0.3) is 0 Å². The molecule has 0 aromatic heterocycles. The number of rotatable bonds is 13. The first-order chi connectivity index (χ1) is 19.5. The van der Waals surface area contributed by atoms with Gasteiger partial charge in [0.05, 0.1) is 17.2 Å². The zero-order valence-corrected chi connectivity index (χ0v) is 25.7. The minimum Gasteiger partial charge on any atom is -0.494 e. The second-order valence-corrected chi connectivity index (χ2v) is 12.1. The largest absolute Gasteiger partial charge is 0.494 e. The van der Waals surface area contributed by atoms with Gasteiger partial charge in [-0.2, -0.15) is 0 Å². The highest BCUT2D eigenvalue weighted by Crippen LogP contribution is 2.27. The van der Waals surface area contributed by atoms with E-state index >= 15 is 0 Å². The molecule has 2 atom stereocenters.